The van der Waals surface area contributed by atoms with Crippen molar-refractivity contribution in [3.8, 4) is 11.5 Å². The summed E-state index contributed by atoms with van der Waals surface area (Å²) in [5.74, 6) is 0.692. The van der Waals surface area contributed by atoms with Gasteiger partial charge in [-0.1, -0.05) is 27.5 Å². The van der Waals surface area contributed by atoms with Gasteiger partial charge in [-0.25, -0.2) is 4.98 Å². The van der Waals surface area contributed by atoms with Gasteiger partial charge in [0.2, 0.25) is 0 Å². The van der Waals surface area contributed by atoms with Crippen LogP contribution >= 0.6 is 38.9 Å². The Kier molecular flexibility index (Phi) is 3.84. The molecule has 0 radical (unpaired) electrons. The smallest absolute Gasteiger partial charge is 0.258 e. The minimum Gasteiger partial charge on any atom is -0.455 e. The summed E-state index contributed by atoms with van der Waals surface area (Å²) < 4.78 is 7.45. The number of amides is 1. The third kappa shape index (κ3) is 2.88. The maximum atomic E-state index is 11.3. The van der Waals surface area contributed by atoms with Crippen LogP contribution in [-0.4, -0.2) is 10.9 Å². The Labute approximate surface area is 137 Å². The molecule has 2 heterocycles. The van der Waals surface area contributed by atoms with E-state index in [1.54, 1.807) is 6.07 Å². The number of carbonyl (C=O) groups is 1. The topological polar surface area (TPSA) is 65.2 Å². The number of primary amides is 1. The fourth-order valence-corrected chi connectivity index (χ4v) is 3.24. The first-order valence-corrected chi connectivity index (χ1v) is 7.84. The highest BCUT2D eigenvalue weighted by Crippen LogP contribution is 2.38. The number of carbonyl (C=O) groups excluding carboxylic acids is 1. The Morgan fingerprint density at radius 1 is 1.33 bits per heavy atom. The quantitative estimate of drug-likeness (QED) is 0.672. The van der Waals surface area contributed by atoms with Crippen LogP contribution in [0.25, 0.3) is 10.1 Å². The summed E-state index contributed by atoms with van der Waals surface area (Å²) in [6.07, 6.45) is 1.53. The first kappa shape index (κ1) is 14.3. The molecule has 3 aromatic rings. The Morgan fingerprint density at radius 2 is 2.05 bits per heavy atom. The van der Waals surface area contributed by atoms with E-state index in [9.17, 15) is 4.79 Å². The van der Waals surface area contributed by atoms with Crippen molar-refractivity contribution < 1.29 is 9.53 Å². The minimum atomic E-state index is -0.498. The number of fused-ring (bicyclic) bond motifs is 1. The normalized spacial score (nSPS) is 10.8. The molecule has 0 aliphatic heterocycles. The summed E-state index contributed by atoms with van der Waals surface area (Å²) in [5, 5.41) is 1.04. The van der Waals surface area contributed by atoms with E-state index >= 15 is 0 Å². The lowest BCUT2D eigenvalue weighted by Crippen LogP contribution is -2.08. The molecule has 0 atom stereocenters. The molecule has 1 aromatic carbocycles. The highest BCUT2D eigenvalue weighted by molar-refractivity contribution is 9.10. The van der Waals surface area contributed by atoms with E-state index in [0.29, 0.717) is 26.2 Å². The average Bonchev–Trinajstić information content (AvgIpc) is 2.91. The molecule has 2 aromatic heterocycles. The van der Waals surface area contributed by atoms with Gasteiger partial charge in [0, 0.05) is 9.86 Å². The van der Waals surface area contributed by atoms with Gasteiger partial charge in [-0.15, -0.1) is 11.3 Å². The molecular formula is C14H8BrClN2O2S. The number of nitrogens with two attached hydrogens (primary N) is 1. The monoisotopic (exact) mass is 382 g/mol. The van der Waals surface area contributed by atoms with Gasteiger partial charge in [-0.3, -0.25) is 4.79 Å². The van der Waals surface area contributed by atoms with E-state index < -0.39 is 5.91 Å². The van der Waals surface area contributed by atoms with Gasteiger partial charge in [0.25, 0.3) is 5.91 Å². The van der Waals surface area contributed by atoms with Gasteiger partial charge in [-0.05, 0) is 30.3 Å². The molecule has 3 rings (SSSR count). The number of hydrogen-bond acceptors (Lipinski definition) is 4. The van der Waals surface area contributed by atoms with E-state index in [1.165, 1.54) is 17.5 Å². The van der Waals surface area contributed by atoms with Crippen LogP contribution in [0.2, 0.25) is 5.15 Å². The first-order valence-electron chi connectivity index (χ1n) is 5.86. The molecule has 0 saturated carbocycles. The Hall–Kier alpha value is -1.63. The second kappa shape index (κ2) is 5.63. The highest BCUT2D eigenvalue weighted by Gasteiger charge is 2.15. The standard InChI is InChI=1S/C14H8BrClN2O2S/c15-7-1-3-8(4-2-7)20-10-6-18-13(16)12-9(10)5-11(21-12)14(17)19/h1-6H,(H2,17,19). The Morgan fingerprint density at radius 3 is 2.71 bits per heavy atom. The molecular weight excluding hydrogens is 376 g/mol. The molecule has 7 heteroatoms. The fourth-order valence-electron chi connectivity index (χ4n) is 1.80. The second-order valence-corrected chi connectivity index (χ2v) is 6.51. The minimum absolute atomic E-state index is 0.325. The van der Waals surface area contributed by atoms with Crippen LogP contribution in [0, 0.1) is 0 Å². The fraction of sp³-hybridized carbons (Fsp3) is 0. The predicted molar refractivity (Wildman–Crippen MR) is 87.4 cm³/mol. The Balaban J connectivity index is 2.07. The zero-order chi connectivity index (χ0) is 15.0. The van der Waals surface area contributed by atoms with Crippen molar-refractivity contribution in [1.82, 2.24) is 4.98 Å². The van der Waals surface area contributed by atoms with Crippen molar-refractivity contribution in [3.05, 3.63) is 51.0 Å². The number of rotatable bonds is 3. The molecule has 2 N–H and O–H groups in total. The number of benzene rings is 1. The number of aromatic nitrogens is 1. The zero-order valence-corrected chi connectivity index (χ0v) is 13.6. The molecule has 0 saturated heterocycles. The number of hydrogen-bond donors (Lipinski definition) is 1. The molecule has 106 valence electrons. The average molecular weight is 384 g/mol. The molecule has 0 spiro atoms. The van der Waals surface area contributed by atoms with Gasteiger partial charge >= 0.3 is 0 Å². The molecule has 0 aliphatic rings. The molecule has 0 aliphatic carbocycles. The largest absolute Gasteiger partial charge is 0.455 e. The summed E-state index contributed by atoms with van der Waals surface area (Å²) in [5.41, 5.74) is 5.31. The molecule has 21 heavy (non-hydrogen) atoms. The van der Waals surface area contributed by atoms with Gasteiger partial charge < -0.3 is 10.5 Å². The summed E-state index contributed by atoms with van der Waals surface area (Å²) >= 11 is 10.6. The van der Waals surface area contributed by atoms with Gasteiger partial charge in [0.1, 0.15) is 10.9 Å². The van der Waals surface area contributed by atoms with E-state index in [2.05, 4.69) is 20.9 Å². The van der Waals surface area contributed by atoms with Gasteiger partial charge in [0.15, 0.2) is 5.75 Å². The van der Waals surface area contributed by atoms with Crippen LogP contribution in [-0.2, 0) is 0 Å². The van der Waals surface area contributed by atoms with E-state index in [-0.39, 0.29) is 0 Å². The van der Waals surface area contributed by atoms with Crippen molar-refractivity contribution in [2.75, 3.05) is 0 Å². The predicted octanol–water partition coefficient (Wildman–Crippen LogP) is 4.60. The maximum Gasteiger partial charge on any atom is 0.258 e. The maximum absolute atomic E-state index is 11.3. The Bertz CT molecular complexity index is 833. The lowest BCUT2D eigenvalue weighted by molar-refractivity contribution is 0.100. The number of ether oxygens (including phenoxy) is 1. The van der Waals surface area contributed by atoms with Crippen LogP contribution in [0.1, 0.15) is 9.67 Å². The van der Waals surface area contributed by atoms with Crippen molar-refractivity contribution in [2.45, 2.75) is 0 Å². The molecule has 0 unspecified atom stereocenters. The highest BCUT2D eigenvalue weighted by atomic mass is 79.9. The van der Waals surface area contributed by atoms with Gasteiger partial charge in [-0.2, -0.15) is 0 Å². The van der Waals surface area contributed by atoms with Crippen molar-refractivity contribution in [2.24, 2.45) is 5.73 Å². The third-order valence-electron chi connectivity index (χ3n) is 2.76. The van der Waals surface area contributed by atoms with Crippen molar-refractivity contribution >= 4 is 54.9 Å². The number of halogens is 2. The van der Waals surface area contributed by atoms with Crippen LogP contribution in [0.5, 0.6) is 11.5 Å². The third-order valence-corrected chi connectivity index (χ3v) is 4.85. The first-order chi connectivity index (χ1) is 10.0. The molecule has 0 fully saturated rings. The summed E-state index contributed by atoms with van der Waals surface area (Å²) in [6, 6.07) is 9.07. The molecule has 4 nitrogen and oxygen atoms in total. The van der Waals surface area contributed by atoms with E-state index in [0.717, 1.165) is 9.86 Å². The molecule has 1 amide bonds. The molecule has 0 bridgehead atoms. The second-order valence-electron chi connectivity index (χ2n) is 4.19. The SMILES string of the molecule is NC(=O)c1cc2c(Oc3ccc(Br)cc3)cnc(Cl)c2s1. The van der Waals surface area contributed by atoms with E-state index in [1.807, 2.05) is 24.3 Å². The zero-order valence-electron chi connectivity index (χ0n) is 10.5. The summed E-state index contributed by atoms with van der Waals surface area (Å²) in [4.78, 5) is 15.8. The van der Waals surface area contributed by atoms with Crippen LogP contribution in [0.3, 0.4) is 0 Å². The van der Waals surface area contributed by atoms with Crippen LogP contribution in [0.4, 0.5) is 0 Å². The lowest BCUT2D eigenvalue weighted by atomic mass is 10.3. The lowest BCUT2D eigenvalue weighted by Gasteiger charge is -2.07. The van der Waals surface area contributed by atoms with E-state index in [4.69, 9.17) is 22.1 Å². The van der Waals surface area contributed by atoms with Crippen molar-refractivity contribution in [1.29, 1.82) is 0 Å². The number of pyridine rings is 1. The summed E-state index contributed by atoms with van der Waals surface area (Å²) in [7, 11) is 0. The summed E-state index contributed by atoms with van der Waals surface area (Å²) in [6.45, 7) is 0. The van der Waals surface area contributed by atoms with Gasteiger partial charge in [0.05, 0.1) is 15.8 Å². The van der Waals surface area contributed by atoms with Crippen LogP contribution < -0.4 is 10.5 Å². The van der Waals surface area contributed by atoms with Crippen molar-refractivity contribution in [3.63, 3.8) is 0 Å². The number of nitrogens with zero attached hydrogens (tertiary/aromatic N) is 1. The number of thiophene rings is 1. The van der Waals surface area contributed by atoms with Crippen LogP contribution in [0.15, 0.2) is 41.0 Å².